The molecule has 2 rings (SSSR count). The van der Waals surface area contributed by atoms with E-state index in [-0.39, 0.29) is 24.9 Å². The first-order valence-electron chi connectivity index (χ1n) is 6.28. The lowest BCUT2D eigenvalue weighted by molar-refractivity contribution is -0.137. The molecule has 19 heavy (non-hydrogen) atoms. The average molecular weight is 282 g/mol. The fourth-order valence-corrected chi connectivity index (χ4v) is 2.23. The number of carbonyl (C=O) groups excluding carboxylic acids is 1. The number of aryl methyl sites for hydroxylation is 1. The number of carboxylic acids is 1. The third-order valence-electron chi connectivity index (χ3n) is 3.24. The van der Waals surface area contributed by atoms with Crippen LogP contribution in [0.25, 0.3) is 0 Å². The summed E-state index contributed by atoms with van der Waals surface area (Å²) in [4.78, 5) is 24.8. The van der Waals surface area contributed by atoms with Gasteiger partial charge in [0.15, 0.2) is 0 Å². The quantitative estimate of drug-likeness (QED) is 0.903. The SMILES string of the molecule is Cc1cccc(C(=O)N(CCC(=O)O)C2CC2)c1Cl. The van der Waals surface area contributed by atoms with E-state index in [1.54, 1.807) is 17.0 Å². The summed E-state index contributed by atoms with van der Waals surface area (Å²) in [6, 6.07) is 5.49. The lowest BCUT2D eigenvalue weighted by Gasteiger charge is -2.22. The number of halogens is 1. The summed E-state index contributed by atoms with van der Waals surface area (Å²) in [6.07, 6.45) is 1.84. The van der Waals surface area contributed by atoms with Gasteiger partial charge in [0.1, 0.15) is 0 Å². The van der Waals surface area contributed by atoms with Crippen molar-refractivity contribution in [2.24, 2.45) is 0 Å². The second-order valence-corrected chi connectivity index (χ2v) is 5.19. The Bertz CT molecular complexity index is 511. The van der Waals surface area contributed by atoms with E-state index in [0.29, 0.717) is 10.6 Å². The Morgan fingerprint density at radius 3 is 2.68 bits per heavy atom. The van der Waals surface area contributed by atoms with Crippen LogP contribution >= 0.6 is 11.6 Å². The molecule has 0 saturated heterocycles. The van der Waals surface area contributed by atoms with Crippen molar-refractivity contribution in [3.63, 3.8) is 0 Å². The van der Waals surface area contributed by atoms with Crippen molar-refractivity contribution in [3.05, 3.63) is 34.3 Å². The topological polar surface area (TPSA) is 57.6 Å². The lowest BCUT2D eigenvalue weighted by Crippen LogP contribution is -2.35. The largest absolute Gasteiger partial charge is 0.481 e. The predicted molar refractivity (Wildman–Crippen MR) is 72.5 cm³/mol. The molecule has 1 amide bonds. The zero-order chi connectivity index (χ0) is 14.0. The second kappa shape index (κ2) is 5.61. The maximum absolute atomic E-state index is 12.5. The van der Waals surface area contributed by atoms with E-state index in [9.17, 15) is 9.59 Å². The Labute approximate surface area is 117 Å². The summed E-state index contributed by atoms with van der Waals surface area (Å²) in [5.74, 6) is -1.06. The molecule has 0 heterocycles. The Balaban J connectivity index is 2.19. The van der Waals surface area contributed by atoms with Gasteiger partial charge in [-0.2, -0.15) is 0 Å². The van der Waals surface area contributed by atoms with E-state index < -0.39 is 5.97 Å². The Hall–Kier alpha value is -1.55. The van der Waals surface area contributed by atoms with Crippen LogP contribution < -0.4 is 0 Å². The van der Waals surface area contributed by atoms with Crippen molar-refractivity contribution in [2.45, 2.75) is 32.2 Å². The number of benzene rings is 1. The molecule has 1 aromatic rings. The summed E-state index contributed by atoms with van der Waals surface area (Å²) in [5.41, 5.74) is 1.31. The molecule has 1 N–H and O–H groups in total. The van der Waals surface area contributed by atoms with Crippen LogP contribution in [0.4, 0.5) is 0 Å². The highest BCUT2D eigenvalue weighted by Gasteiger charge is 2.33. The predicted octanol–water partition coefficient (Wildman–Crippen LogP) is 2.73. The summed E-state index contributed by atoms with van der Waals surface area (Å²) in [6.45, 7) is 2.08. The van der Waals surface area contributed by atoms with Gasteiger partial charge in [0, 0.05) is 12.6 Å². The van der Waals surface area contributed by atoms with Crippen molar-refractivity contribution in [1.82, 2.24) is 4.90 Å². The minimum atomic E-state index is -0.895. The molecule has 1 saturated carbocycles. The third kappa shape index (κ3) is 3.26. The Kier molecular flexibility index (Phi) is 4.10. The highest BCUT2D eigenvalue weighted by molar-refractivity contribution is 6.34. The summed E-state index contributed by atoms with van der Waals surface area (Å²) in [5, 5.41) is 9.20. The highest BCUT2D eigenvalue weighted by Crippen LogP contribution is 2.30. The number of nitrogens with zero attached hydrogens (tertiary/aromatic N) is 1. The van der Waals surface area contributed by atoms with Gasteiger partial charge in [-0.05, 0) is 31.4 Å². The van der Waals surface area contributed by atoms with Crippen LogP contribution in [-0.4, -0.2) is 34.5 Å². The molecule has 1 fully saturated rings. The van der Waals surface area contributed by atoms with E-state index in [1.165, 1.54) is 0 Å². The number of rotatable bonds is 5. The molecule has 0 atom stereocenters. The van der Waals surface area contributed by atoms with E-state index in [1.807, 2.05) is 13.0 Å². The number of hydrogen-bond donors (Lipinski definition) is 1. The fraction of sp³-hybridized carbons (Fsp3) is 0.429. The maximum atomic E-state index is 12.5. The molecular formula is C14H16ClNO3. The Morgan fingerprint density at radius 1 is 1.42 bits per heavy atom. The van der Waals surface area contributed by atoms with Crippen LogP contribution in [-0.2, 0) is 4.79 Å². The maximum Gasteiger partial charge on any atom is 0.305 e. The molecule has 102 valence electrons. The molecule has 1 aliphatic rings. The molecule has 4 nitrogen and oxygen atoms in total. The smallest absolute Gasteiger partial charge is 0.305 e. The van der Waals surface area contributed by atoms with Gasteiger partial charge in [0.05, 0.1) is 17.0 Å². The first-order chi connectivity index (χ1) is 9.00. The first-order valence-corrected chi connectivity index (χ1v) is 6.66. The van der Waals surface area contributed by atoms with Gasteiger partial charge < -0.3 is 10.0 Å². The van der Waals surface area contributed by atoms with Crippen molar-refractivity contribution in [1.29, 1.82) is 0 Å². The van der Waals surface area contributed by atoms with Crippen LogP contribution in [0.15, 0.2) is 18.2 Å². The van der Waals surface area contributed by atoms with Gasteiger partial charge in [0.2, 0.25) is 0 Å². The highest BCUT2D eigenvalue weighted by atomic mass is 35.5. The molecule has 0 unspecified atom stereocenters. The molecule has 0 bridgehead atoms. The van der Waals surface area contributed by atoms with Crippen LogP contribution in [0.3, 0.4) is 0 Å². The fourth-order valence-electron chi connectivity index (χ4n) is 2.02. The van der Waals surface area contributed by atoms with Gasteiger partial charge >= 0.3 is 5.97 Å². The average Bonchev–Trinajstić information content (AvgIpc) is 3.17. The summed E-state index contributed by atoms with van der Waals surface area (Å²) >= 11 is 6.16. The molecular weight excluding hydrogens is 266 g/mol. The molecule has 0 spiro atoms. The van der Waals surface area contributed by atoms with Gasteiger partial charge in [-0.1, -0.05) is 23.7 Å². The van der Waals surface area contributed by atoms with Crippen molar-refractivity contribution in [2.75, 3.05) is 6.54 Å². The summed E-state index contributed by atoms with van der Waals surface area (Å²) < 4.78 is 0. The molecule has 1 aromatic carbocycles. The van der Waals surface area contributed by atoms with Crippen LogP contribution in [0.5, 0.6) is 0 Å². The second-order valence-electron chi connectivity index (χ2n) is 4.81. The number of carbonyl (C=O) groups is 2. The first kappa shape index (κ1) is 13.9. The van der Waals surface area contributed by atoms with Crippen molar-refractivity contribution < 1.29 is 14.7 Å². The molecule has 0 radical (unpaired) electrons. The Morgan fingerprint density at radius 2 is 2.11 bits per heavy atom. The number of amides is 1. The summed E-state index contributed by atoms with van der Waals surface area (Å²) in [7, 11) is 0. The molecule has 1 aliphatic carbocycles. The standard InChI is InChI=1S/C14H16ClNO3/c1-9-3-2-4-11(13(9)15)14(19)16(10-5-6-10)8-7-12(17)18/h2-4,10H,5-8H2,1H3,(H,17,18). The van der Waals surface area contributed by atoms with Crippen LogP contribution in [0.1, 0.15) is 35.2 Å². The number of hydrogen-bond acceptors (Lipinski definition) is 2. The normalized spacial score (nSPS) is 14.2. The van der Waals surface area contributed by atoms with Gasteiger partial charge in [-0.25, -0.2) is 0 Å². The third-order valence-corrected chi connectivity index (χ3v) is 3.74. The van der Waals surface area contributed by atoms with Crippen molar-refractivity contribution >= 4 is 23.5 Å². The van der Waals surface area contributed by atoms with Gasteiger partial charge in [-0.15, -0.1) is 0 Å². The zero-order valence-electron chi connectivity index (χ0n) is 10.7. The zero-order valence-corrected chi connectivity index (χ0v) is 11.5. The molecule has 5 heteroatoms. The van der Waals surface area contributed by atoms with E-state index in [0.717, 1.165) is 18.4 Å². The number of aliphatic carboxylic acids is 1. The van der Waals surface area contributed by atoms with E-state index in [2.05, 4.69) is 0 Å². The van der Waals surface area contributed by atoms with Crippen molar-refractivity contribution in [3.8, 4) is 0 Å². The minimum Gasteiger partial charge on any atom is -0.481 e. The minimum absolute atomic E-state index is 0.0360. The van der Waals surface area contributed by atoms with Crippen LogP contribution in [0, 0.1) is 6.92 Å². The van der Waals surface area contributed by atoms with Gasteiger partial charge in [-0.3, -0.25) is 9.59 Å². The monoisotopic (exact) mass is 281 g/mol. The number of carboxylic acid groups (broad SMARTS) is 1. The van der Waals surface area contributed by atoms with E-state index >= 15 is 0 Å². The lowest BCUT2D eigenvalue weighted by atomic mass is 10.1. The van der Waals surface area contributed by atoms with Gasteiger partial charge in [0.25, 0.3) is 5.91 Å². The van der Waals surface area contributed by atoms with Crippen LogP contribution in [0.2, 0.25) is 5.02 Å². The van der Waals surface area contributed by atoms with E-state index in [4.69, 9.17) is 16.7 Å². The molecule has 0 aliphatic heterocycles. The molecule has 0 aromatic heterocycles.